The summed E-state index contributed by atoms with van der Waals surface area (Å²) in [6.45, 7) is 4.51. The van der Waals surface area contributed by atoms with Crippen LogP contribution < -0.4 is 15.4 Å². The molecule has 1 heterocycles. The predicted molar refractivity (Wildman–Crippen MR) is 119 cm³/mol. The second kappa shape index (κ2) is 9.53. The molecule has 0 fully saturated rings. The Balaban J connectivity index is 1.54. The highest BCUT2D eigenvalue weighted by atomic mass is 35.5. The summed E-state index contributed by atoms with van der Waals surface area (Å²) in [7, 11) is 0. The maximum Gasteiger partial charge on any atom is 0.171 e. The molecule has 28 heavy (non-hydrogen) atoms. The van der Waals surface area contributed by atoms with Crippen LogP contribution in [0.25, 0.3) is 0 Å². The Bertz CT molecular complexity index is 932. The van der Waals surface area contributed by atoms with Gasteiger partial charge in [0.25, 0.3) is 0 Å². The molecule has 3 aromatic rings. The lowest BCUT2D eigenvalue weighted by molar-refractivity contribution is 0.305. The van der Waals surface area contributed by atoms with Crippen LogP contribution in [-0.2, 0) is 6.61 Å². The number of nitrogens with zero attached hydrogens (tertiary/aromatic N) is 1. The van der Waals surface area contributed by atoms with Crippen LogP contribution in [0.4, 0.5) is 5.69 Å². The smallest absolute Gasteiger partial charge is 0.171 e. The van der Waals surface area contributed by atoms with E-state index in [1.165, 1.54) is 0 Å². The van der Waals surface area contributed by atoms with Crippen molar-refractivity contribution in [3.8, 4) is 5.75 Å². The molecule has 3 rings (SSSR count). The number of nitrogens with one attached hydrogen (secondary N) is 2. The number of halogens is 1. The molecule has 6 heteroatoms. The molecule has 0 saturated heterocycles. The van der Waals surface area contributed by atoms with Gasteiger partial charge in [-0.15, -0.1) is 0 Å². The minimum absolute atomic E-state index is 0.0480. The molecule has 4 nitrogen and oxygen atoms in total. The van der Waals surface area contributed by atoms with Gasteiger partial charge < -0.3 is 15.4 Å². The molecule has 0 saturated carbocycles. The summed E-state index contributed by atoms with van der Waals surface area (Å²) >= 11 is 11.6. The zero-order valence-electron chi connectivity index (χ0n) is 15.8. The van der Waals surface area contributed by atoms with Crippen molar-refractivity contribution >= 4 is 34.6 Å². The number of anilines is 1. The van der Waals surface area contributed by atoms with Crippen molar-refractivity contribution in [1.29, 1.82) is 0 Å². The lowest BCUT2D eigenvalue weighted by Gasteiger charge is -2.19. The van der Waals surface area contributed by atoms with Crippen molar-refractivity contribution in [1.82, 2.24) is 10.3 Å². The highest BCUT2D eigenvalue weighted by Gasteiger charge is 2.09. The predicted octanol–water partition coefficient (Wildman–Crippen LogP) is 5.67. The fraction of sp³-hybridized carbons (Fsp3) is 0.182. The number of ether oxygens (including phenoxy) is 1. The van der Waals surface area contributed by atoms with Crippen LogP contribution in [0.3, 0.4) is 0 Å². The Labute approximate surface area is 175 Å². The van der Waals surface area contributed by atoms with E-state index in [2.05, 4.69) is 22.5 Å². The van der Waals surface area contributed by atoms with Crippen LogP contribution in [0, 0.1) is 6.92 Å². The van der Waals surface area contributed by atoms with Gasteiger partial charge in [0, 0.05) is 28.7 Å². The third-order valence-corrected chi connectivity index (χ3v) is 5.00. The molecule has 144 valence electrons. The zero-order valence-corrected chi connectivity index (χ0v) is 17.3. The summed E-state index contributed by atoms with van der Waals surface area (Å²) in [5.74, 6) is 0.815. The van der Waals surface area contributed by atoms with Crippen LogP contribution in [-0.4, -0.2) is 10.1 Å². The fourth-order valence-electron chi connectivity index (χ4n) is 2.68. The number of thiocarbonyl (C=S) groups is 1. The van der Waals surface area contributed by atoms with Crippen molar-refractivity contribution in [2.75, 3.05) is 5.32 Å². The third kappa shape index (κ3) is 5.44. The molecule has 0 spiro atoms. The van der Waals surface area contributed by atoms with Gasteiger partial charge in [-0.1, -0.05) is 35.9 Å². The maximum atomic E-state index is 6.16. The molecular formula is C22H22ClN3OS. The Morgan fingerprint density at radius 1 is 1.14 bits per heavy atom. The van der Waals surface area contributed by atoms with Crippen LogP contribution in [0.5, 0.6) is 5.75 Å². The Hall–Kier alpha value is -2.63. The van der Waals surface area contributed by atoms with Gasteiger partial charge in [0.2, 0.25) is 0 Å². The summed E-state index contributed by atoms with van der Waals surface area (Å²) < 4.78 is 5.80. The van der Waals surface area contributed by atoms with Crippen molar-refractivity contribution in [2.45, 2.75) is 26.5 Å². The van der Waals surface area contributed by atoms with Gasteiger partial charge >= 0.3 is 0 Å². The van der Waals surface area contributed by atoms with Crippen LogP contribution >= 0.6 is 23.8 Å². The molecule has 2 N–H and O–H groups in total. The molecular weight excluding hydrogens is 390 g/mol. The Kier molecular flexibility index (Phi) is 6.85. The highest BCUT2D eigenvalue weighted by molar-refractivity contribution is 7.80. The maximum absolute atomic E-state index is 6.16. The minimum atomic E-state index is 0.0480. The normalized spacial score (nSPS) is 11.5. The zero-order chi connectivity index (χ0) is 19.9. The standard InChI is InChI=1S/C22H22ClN3OS/c1-15-20(23)6-3-7-21(15)26-22(28)25-16(2)18-8-10-19(11-9-18)27-14-17-5-4-12-24-13-17/h3-13,16H,14H2,1-2H3,(H2,25,26,28). The topological polar surface area (TPSA) is 46.2 Å². The molecule has 0 aliphatic carbocycles. The number of benzene rings is 2. The van der Waals surface area contributed by atoms with E-state index in [1.54, 1.807) is 12.4 Å². The van der Waals surface area contributed by atoms with Gasteiger partial charge in [0.1, 0.15) is 12.4 Å². The van der Waals surface area contributed by atoms with Crippen molar-refractivity contribution in [2.24, 2.45) is 0 Å². The number of hydrogen-bond acceptors (Lipinski definition) is 3. The SMILES string of the molecule is Cc1c(Cl)cccc1NC(=S)NC(C)c1ccc(OCc2cccnc2)cc1. The van der Waals surface area contributed by atoms with Crippen LogP contribution in [0.1, 0.15) is 29.7 Å². The summed E-state index contributed by atoms with van der Waals surface area (Å²) in [5, 5.41) is 7.77. The van der Waals surface area contributed by atoms with E-state index in [1.807, 2.05) is 61.5 Å². The molecule has 1 atom stereocenters. The molecule has 0 radical (unpaired) electrons. The quantitative estimate of drug-likeness (QED) is 0.511. The first-order valence-electron chi connectivity index (χ1n) is 8.97. The van der Waals surface area contributed by atoms with Crippen LogP contribution in [0.15, 0.2) is 67.0 Å². The molecule has 2 aromatic carbocycles. The van der Waals surface area contributed by atoms with Gasteiger partial charge in [-0.2, -0.15) is 0 Å². The number of aromatic nitrogens is 1. The summed E-state index contributed by atoms with van der Waals surface area (Å²) in [6.07, 6.45) is 3.55. The lowest BCUT2D eigenvalue weighted by Crippen LogP contribution is -2.31. The first kappa shape index (κ1) is 20.1. The highest BCUT2D eigenvalue weighted by Crippen LogP contribution is 2.23. The van der Waals surface area contributed by atoms with E-state index in [-0.39, 0.29) is 6.04 Å². The second-order valence-corrected chi connectivity index (χ2v) is 7.27. The average molecular weight is 412 g/mol. The summed E-state index contributed by atoms with van der Waals surface area (Å²) in [5.41, 5.74) is 4.02. The summed E-state index contributed by atoms with van der Waals surface area (Å²) in [6, 6.07) is 17.6. The molecule has 0 aliphatic heterocycles. The first-order chi connectivity index (χ1) is 13.5. The molecule has 0 aliphatic rings. The number of pyridine rings is 1. The molecule has 0 bridgehead atoms. The average Bonchev–Trinajstić information content (AvgIpc) is 2.71. The third-order valence-electron chi connectivity index (χ3n) is 4.37. The van der Waals surface area contributed by atoms with Gasteiger partial charge in [0.05, 0.1) is 6.04 Å². The van der Waals surface area contributed by atoms with E-state index in [4.69, 9.17) is 28.6 Å². The molecule has 1 unspecified atom stereocenters. The lowest BCUT2D eigenvalue weighted by atomic mass is 10.1. The first-order valence-corrected chi connectivity index (χ1v) is 9.76. The van der Waals surface area contributed by atoms with Gasteiger partial charge in [-0.05, 0) is 67.5 Å². The summed E-state index contributed by atoms with van der Waals surface area (Å²) in [4.78, 5) is 4.09. The van der Waals surface area contributed by atoms with E-state index < -0.39 is 0 Å². The van der Waals surface area contributed by atoms with Gasteiger partial charge in [0.15, 0.2) is 5.11 Å². The Morgan fingerprint density at radius 3 is 2.64 bits per heavy atom. The van der Waals surface area contributed by atoms with Gasteiger partial charge in [-0.25, -0.2) is 0 Å². The van der Waals surface area contributed by atoms with E-state index >= 15 is 0 Å². The van der Waals surface area contributed by atoms with Crippen LogP contribution in [0.2, 0.25) is 5.02 Å². The number of hydrogen-bond donors (Lipinski definition) is 2. The molecule has 0 amide bonds. The van der Waals surface area contributed by atoms with Gasteiger partial charge in [-0.3, -0.25) is 4.98 Å². The van der Waals surface area contributed by atoms with Crippen molar-refractivity contribution < 1.29 is 4.74 Å². The second-order valence-electron chi connectivity index (χ2n) is 6.45. The monoisotopic (exact) mass is 411 g/mol. The fourth-order valence-corrected chi connectivity index (χ4v) is 3.15. The van der Waals surface area contributed by atoms with Crippen molar-refractivity contribution in [3.05, 3.63) is 88.7 Å². The van der Waals surface area contributed by atoms with E-state index in [0.29, 0.717) is 16.7 Å². The Morgan fingerprint density at radius 2 is 1.93 bits per heavy atom. The minimum Gasteiger partial charge on any atom is -0.489 e. The number of rotatable bonds is 6. The van der Waals surface area contributed by atoms with E-state index in [9.17, 15) is 0 Å². The van der Waals surface area contributed by atoms with E-state index in [0.717, 1.165) is 28.1 Å². The molecule has 1 aromatic heterocycles. The largest absolute Gasteiger partial charge is 0.489 e. The van der Waals surface area contributed by atoms with Crippen molar-refractivity contribution in [3.63, 3.8) is 0 Å².